The van der Waals surface area contributed by atoms with E-state index in [0.717, 1.165) is 70.1 Å². The molecule has 0 atom stereocenters. The van der Waals surface area contributed by atoms with Crippen LogP contribution in [0.3, 0.4) is 0 Å². The molecule has 2 aromatic carbocycles. The molecule has 12 heteroatoms. The van der Waals surface area contributed by atoms with E-state index in [4.69, 9.17) is 10.2 Å². The Balaban J connectivity index is 0.000000488. The third-order valence-electron chi connectivity index (χ3n) is 7.68. The number of nitrogens with zero attached hydrogens (tertiary/aromatic N) is 2. The number of piperidine rings is 1. The van der Waals surface area contributed by atoms with Gasteiger partial charge in [-0.05, 0) is 93.3 Å². The normalized spacial score (nSPS) is 14.5. The molecule has 0 spiro atoms. The zero-order valence-corrected chi connectivity index (χ0v) is 25.9. The van der Waals surface area contributed by atoms with Gasteiger partial charge in [-0.25, -0.2) is 23.0 Å². The van der Waals surface area contributed by atoms with Gasteiger partial charge in [0.1, 0.15) is 5.65 Å². The Hall–Kier alpha value is -4.55. The highest BCUT2D eigenvalue weighted by Crippen LogP contribution is 2.38. The number of aliphatic carboxylic acids is 2. The number of rotatable bonds is 7. The minimum absolute atomic E-state index is 0.0280. The van der Waals surface area contributed by atoms with Crippen LogP contribution in [0.15, 0.2) is 59.6 Å². The van der Waals surface area contributed by atoms with Crippen molar-refractivity contribution in [3.63, 3.8) is 0 Å². The number of carbonyl (C=O) groups is 3. The van der Waals surface area contributed by atoms with E-state index in [1.54, 1.807) is 25.1 Å². The van der Waals surface area contributed by atoms with Crippen molar-refractivity contribution < 1.29 is 33.0 Å². The van der Waals surface area contributed by atoms with Crippen LogP contribution in [0.4, 0.5) is 0 Å². The van der Waals surface area contributed by atoms with Gasteiger partial charge in [0, 0.05) is 40.7 Å². The Morgan fingerprint density at radius 3 is 2.34 bits per heavy atom. The van der Waals surface area contributed by atoms with Crippen molar-refractivity contribution in [1.82, 2.24) is 20.2 Å². The second-order valence-electron chi connectivity index (χ2n) is 10.9. The van der Waals surface area contributed by atoms with Crippen LogP contribution in [0.1, 0.15) is 41.3 Å². The van der Waals surface area contributed by atoms with Crippen molar-refractivity contribution in [3.05, 3.63) is 71.4 Å². The summed E-state index contributed by atoms with van der Waals surface area (Å²) in [6.45, 7) is 7.51. The van der Waals surface area contributed by atoms with Gasteiger partial charge >= 0.3 is 11.9 Å². The average molecular weight is 621 g/mol. The molecular weight excluding hydrogens is 584 g/mol. The van der Waals surface area contributed by atoms with Gasteiger partial charge in [0.2, 0.25) is 0 Å². The van der Waals surface area contributed by atoms with Crippen LogP contribution < -0.4 is 5.32 Å². The summed E-state index contributed by atoms with van der Waals surface area (Å²) in [6, 6.07) is 11.1. The molecule has 11 nitrogen and oxygen atoms in total. The van der Waals surface area contributed by atoms with Crippen LogP contribution in [0.2, 0.25) is 0 Å². The number of nitrogens with one attached hydrogen (secondary N) is 2. The number of aryl methyl sites for hydroxylation is 2. The van der Waals surface area contributed by atoms with E-state index in [0.29, 0.717) is 17.7 Å². The summed E-state index contributed by atoms with van der Waals surface area (Å²) in [5.41, 5.74) is 5.62. The molecule has 4 N–H and O–H groups in total. The third kappa shape index (κ3) is 7.32. The van der Waals surface area contributed by atoms with Crippen molar-refractivity contribution in [2.75, 3.05) is 25.9 Å². The van der Waals surface area contributed by atoms with Crippen molar-refractivity contribution in [3.8, 4) is 11.1 Å². The number of carbonyl (C=O) groups excluding carboxylic acids is 1. The number of benzene rings is 2. The van der Waals surface area contributed by atoms with Gasteiger partial charge in [0.15, 0.2) is 9.84 Å². The van der Waals surface area contributed by atoms with Crippen molar-refractivity contribution in [2.45, 2.75) is 44.6 Å². The monoisotopic (exact) mass is 620 g/mol. The zero-order valence-electron chi connectivity index (χ0n) is 25.0. The lowest BCUT2D eigenvalue weighted by molar-refractivity contribution is -0.134. The van der Waals surface area contributed by atoms with Crippen LogP contribution in [-0.2, 0) is 19.4 Å². The minimum atomic E-state index is -3.38. The predicted octanol–water partition coefficient (Wildman–Crippen LogP) is 4.33. The number of sulfone groups is 1. The number of carboxylic acid groups (broad SMARTS) is 2. The smallest absolute Gasteiger partial charge is 0.328 e. The van der Waals surface area contributed by atoms with E-state index in [2.05, 4.69) is 33.3 Å². The molecule has 1 fully saturated rings. The Morgan fingerprint density at radius 2 is 1.73 bits per heavy atom. The van der Waals surface area contributed by atoms with E-state index in [1.807, 2.05) is 32.2 Å². The lowest BCUT2D eigenvalue weighted by Gasteiger charge is -2.29. The molecule has 0 aliphatic carbocycles. The Morgan fingerprint density at radius 1 is 1.07 bits per heavy atom. The molecule has 1 aliphatic heterocycles. The topological polar surface area (TPSA) is 170 Å². The summed E-state index contributed by atoms with van der Waals surface area (Å²) in [5.74, 6) is -2.59. The second kappa shape index (κ2) is 13.4. The molecule has 4 aromatic rings. The first-order chi connectivity index (χ1) is 20.8. The molecule has 0 saturated carbocycles. The van der Waals surface area contributed by atoms with Gasteiger partial charge < -0.3 is 25.4 Å². The minimum Gasteiger partial charge on any atom is -0.478 e. The fourth-order valence-corrected chi connectivity index (χ4v) is 6.17. The maximum atomic E-state index is 13.5. The van der Waals surface area contributed by atoms with Crippen LogP contribution in [0, 0.1) is 13.8 Å². The number of H-pyrrole nitrogens is 1. The molecule has 1 aliphatic rings. The van der Waals surface area contributed by atoms with Gasteiger partial charge in [-0.1, -0.05) is 19.1 Å². The summed E-state index contributed by atoms with van der Waals surface area (Å²) in [7, 11) is -1.28. The highest BCUT2D eigenvalue weighted by atomic mass is 32.2. The second-order valence-corrected chi connectivity index (χ2v) is 13.2. The number of amides is 1. The maximum absolute atomic E-state index is 13.5. The molecule has 5 rings (SSSR count). The third-order valence-corrected chi connectivity index (χ3v) is 9.41. The van der Waals surface area contributed by atoms with Gasteiger partial charge in [0.25, 0.3) is 5.91 Å². The molecule has 1 amide bonds. The van der Waals surface area contributed by atoms with Crippen LogP contribution >= 0.6 is 0 Å². The highest BCUT2D eigenvalue weighted by molar-refractivity contribution is 7.91. The quantitative estimate of drug-likeness (QED) is 0.220. The van der Waals surface area contributed by atoms with Gasteiger partial charge in [-0.15, -0.1) is 0 Å². The van der Waals surface area contributed by atoms with Gasteiger partial charge in [-0.2, -0.15) is 0 Å². The standard InChI is InChI=1S/C28H32N4O3S.C4H4O4/c1-5-36(34,35)21-8-6-7-19(14-21)23-15-22(28(33)30-20-9-11-32(4)12-10-20)18(3)26-25(23)24-13-17(2)16-29-27(24)31-26;5-3(6)1-2-4(7)8/h6-8,13-16,20H,5,9-12H2,1-4H3,(H,29,31)(H,30,33);1-2H,(H,5,6)(H,7,8)/b;2-1+. The summed E-state index contributed by atoms with van der Waals surface area (Å²) in [5, 5.41) is 20.8. The number of fused-ring (bicyclic) bond motifs is 3. The van der Waals surface area contributed by atoms with Crippen molar-refractivity contribution in [1.29, 1.82) is 0 Å². The van der Waals surface area contributed by atoms with E-state index >= 15 is 0 Å². The summed E-state index contributed by atoms with van der Waals surface area (Å²) in [6.07, 6.45) is 4.77. The van der Waals surface area contributed by atoms with E-state index in [1.165, 1.54) is 0 Å². The largest absolute Gasteiger partial charge is 0.478 e. The zero-order chi connectivity index (χ0) is 32.2. The molecule has 3 heterocycles. The molecule has 2 aromatic heterocycles. The number of hydrogen-bond donors (Lipinski definition) is 4. The van der Waals surface area contributed by atoms with Crippen molar-refractivity contribution in [2.24, 2.45) is 0 Å². The fraction of sp³-hybridized carbons (Fsp3) is 0.312. The molecule has 0 bridgehead atoms. The lowest BCUT2D eigenvalue weighted by atomic mass is 9.93. The van der Waals surface area contributed by atoms with Crippen molar-refractivity contribution >= 4 is 49.6 Å². The van der Waals surface area contributed by atoms with Crippen LogP contribution in [-0.4, -0.2) is 83.3 Å². The molecule has 44 heavy (non-hydrogen) atoms. The average Bonchev–Trinajstić information content (AvgIpc) is 3.37. The molecule has 0 radical (unpaired) electrons. The molecule has 0 unspecified atom stereocenters. The Bertz CT molecular complexity index is 1850. The maximum Gasteiger partial charge on any atom is 0.328 e. The first-order valence-corrected chi connectivity index (χ1v) is 15.8. The predicted molar refractivity (Wildman–Crippen MR) is 169 cm³/mol. The molecule has 232 valence electrons. The number of aromatic nitrogens is 2. The van der Waals surface area contributed by atoms with Gasteiger partial charge in [-0.3, -0.25) is 4.79 Å². The number of carboxylic acids is 2. The Labute approximate surface area is 255 Å². The lowest BCUT2D eigenvalue weighted by Crippen LogP contribution is -2.43. The van der Waals surface area contributed by atoms with E-state index < -0.39 is 21.8 Å². The summed E-state index contributed by atoms with van der Waals surface area (Å²) < 4.78 is 25.3. The van der Waals surface area contributed by atoms with Crippen LogP contribution in [0.25, 0.3) is 33.1 Å². The SMILES string of the molecule is CCS(=O)(=O)c1cccc(-c2cc(C(=O)NC3CCN(C)CC3)c(C)c3[nH]c4ncc(C)cc4c23)c1.O=C(O)/C=C/C(=O)O. The number of likely N-dealkylation sites (tertiary alicyclic amines) is 1. The Kier molecular flexibility index (Phi) is 9.85. The fourth-order valence-electron chi connectivity index (χ4n) is 5.24. The molecular formula is C32H36N4O7S. The number of pyridine rings is 1. The first kappa shape index (κ1) is 32.4. The van der Waals surface area contributed by atoms with E-state index in [-0.39, 0.29) is 22.6 Å². The van der Waals surface area contributed by atoms with E-state index in [9.17, 15) is 22.8 Å². The summed E-state index contributed by atoms with van der Waals surface area (Å²) in [4.78, 5) is 43.2. The number of hydrogen-bond acceptors (Lipinski definition) is 7. The number of aromatic amines is 1. The first-order valence-electron chi connectivity index (χ1n) is 14.2. The molecule has 1 saturated heterocycles. The van der Waals surface area contributed by atoms with Crippen LogP contribution in [0.5, 0.6) is 0 Å². The highest BCUT2D eigenvalue weighted by Gasteiger charge is 2.24. The van der Waals surface area contributed by atoms with Gasteiger partial charge in [0.05, 0.1) is 16.2 Å². The summed E-state index contributed by atoms with van der Waals surface area (Å²) >= 11 is 0.